The van der Waals surface area contributed by atoms with E-state index in [2.05, 4.69) is 10.1 Å². The molecule has 0 fully saturated rings. The zero-order valence-corrected chi connectivity index (χ0v) is 12.3. The van der Waals surface area contributed by atoms with E-state index in [9.17, 15) is 4.79 Å². The molecule has 0 aliphatic heterocycles. The van der Waals surface area contributed by atoms with Crippen molar-refractivity contribution in [1.82, 2.24) is 10.1 Å². The second-order valence-electron chi connectivity index (χ2n) is 4.38. The Morgan fingerprint density at radius 3 is 2.91 bits per heavy atom. The van der Waals surface area contributed by atoms with Gasteiger partial charge in [-0.2, -0.15) is 16.3 Å². The summed E-state index contributed by atoms with van der Waals surface area (Å²) in [6, 6.07) is 11.4. The van der Waals surface area contributed by atoms with Crippen molar-refractivity contribution in [3.63, 3.8) is 0 Å². The third kappa shape index (κ3) is 3.67. The molecule has 1 aromatic carbocycles. The van der Waals surface area contributed by atoms with Crippen LogP contribution >= 0.6 is 11.3 Å². The molecule has 0 aliphatic rings. The van der Waals surface area contributed by atoms with Crippen LogP contribution in [-0.4, -0.2) is 16.1 Å². The standard InChI is InChI=1S/C16H12N2O3S/c19-15(7-6-12-8-9-22-11-12)20-10-14-17-16(18-21-14)13-4-2-1-3-5-13/h1-9,11H,10H2/b7-6+. The molecular weight excluding hydrogens is 300 g/mol. The van der Waals surface area contributed by atoms with Gasteiger partial charge in [-0.15, -0.1) is 0 Å². The largest absolute Gasteiger partial charge is 0.452 e. The van der Waals surface area contributed by atoms with E-state index in [-0.39, 0.29) is 12.5 Å². The van der Waals surface area contributed by atoms with Crippen LogP contribution < -0.4 is 0 Å². The first kappa shape index (κ1) is 14.2. The number of ether oxygens (including phenoxy) is 1. The topological polar surface area (TPSA) is 65.2 Å². The summed E-state index contributed by atoms with van der Waals surface area (Å²) in [5, 5.41) is 7.73. The smallest absolute Gasteiger partial charge is 0.331 e. The van der Waals surface area contributed by atoms with Crippen molar-refractivity contribution < 1.29 is 14.1 Å². The van der Waals surface area contributed by atoms with Crippen molar-refractivity contribution >= 4 is 23.4 Å². The van der Waals surface area contributed by atoms with Crippen LogP contribution in [0.5, 0.6) is 0 Å². The molecule has 6 heteroatoms. The average molecular weight is 312 g/mol. The number of carbonyl (C=O) groups is 1. The fourth-order valence-corrected chi connectivity index (χ4v) is 2.36. The summed E-state index contributed by atoms with van der Waals surface area (Å²) in [6.07, 6.45) is 3.07. The van der Waals surface area contributed by atoms with E-state index in [0.717, 1.165) is 11.1 Å². The van der Waals surface area contributed by atoms with E-state index < -0.39 is 5.97 Å². The van der Waals surface area contributed by atoms with Crippen LogP contribution in [0.4, 0.5) is 0 Å². The Balaban J connectivity index is 1.56. The van der Waals surface area contributed by atoms with Crippen LogP contribution in [0.1, 0.15) is 11.5 Å². The SMILES string of the molecule is O=C(/C=C/c1ccsc1)OCc1nc(-c2ccccc2)no1. The first-order valence-corrected chi connectivity index (χ1v) is 7.50. The van der Waals surface area contributed by atoms with Crippen molar-refractivity contribution in [3.8, 4) is 11.4 Å². The molecule has 3 aromatic rings. The number of rotatable bonds is 5. The maximum Gasteiger partial charge on any atom is 0.331 e. The summed E-state index contributed by atoms with van der Waals surface area (Å²) in [5.41, 5.74) is 1.81. The van der Waals surface area contributed by atoms with Crippen molar-refractivity contribution in [3.05, 3.63) is 64.7 Å². The molecule has 0 unspecified atom stereocenters. The normalized spacial score (nSPS) is 10.9. The van der Waals surface area contributed by atoms with Gasteiger partial charge in [0.25, 0.3) is 5.89 Å². The fourth-order valence-electron chi connectivity index (χ4n) is 1.73. The van der Waals surface area contributed by atoms with Gasteiger partial charge in [-0.25, -0.2) is 4.79 Å². The van der Waals surface area contributed by atoms with Crippen LogP contribution in [0.2, 0.25) is 0 Å². The average Bonchev–Trinajstić information content (AvgIpc) is 3.23. The number of esters is 1. The first-order chi connectivity index (χ1) is 10.8. The molecule has 0 aliphatic carbocycles. The van der Waals surface area contributed by atoms with E-state index in [0.29, 0.717) is 5.82 Å². The molecular formula is C16H12N2O3S. The van der Waals surface area contributed by atoms with Gasteiger partial charge in [0.1, 0.15) is 0 Å². The molecule has 2 aromatic heterocycles. The summed E-state index contributed by atoms with van der Waals surface area (Å²) in [7, 11) is 0. The Labute approximate surface area is 130 Å². The van der Waals surface area contributed by atoms with Gasteiger partial charge in [-0.05, 0) is 28.5 Å². The molecule has 2 heterocycles. The van der Waals surface area contributed by atoms with Crippen molar-refractivity contribution in [1.29, 1.82) is 0 Å². The number of nitrogens with zero attached hydrogens (tertiary/aromatic N) is 2. The van der Waals surface area contributed by atoms with Crippen LogP contribution in [0.25, 0.3) is 17.5 Å². The highest BCUT2D eigenvalue weighted by molar-refractivity contribution is 7.08. The molecule has 22 heavy (non-hydrogen) atoms. The summed E-state index contributed by atoms with van der Waals surface area (Å²) in [4.78, 5) is 15.8. The second-order valence-corrected chi connectivity index (χ2v) is 5.16. The van der Waals surface area contributed by atoms with E-state index >= 15 is 0 Å². The fraction of sp³-hybridized carbons (Fsp3) is 0.0625. The molecule has 0 spiro atoms. The molecule has 0 radical (unpaired) electrons. The molecule has 0 saturated heterocycles. The Kier molecular flexibility index (Phi) is 4.41. The highest BCUT2D eigenvalue weighted by Gasteiger charge is 2.09. The zero-order valence-electron chi connectivity index (χ0n) is 11.5. The highest BCUT2D eigenvalue weighted by atomic mass is 32.1. The molecule has 110 valence electrons. The van der Waals surface area contributed by atoms with Crippen molar-refractivity contribution in [2.75, 3.05) is 0 Å². The van der Waals surface area contributed by atoms with Crippen LogP contribution in [0.3, 0.4) is 0 Å². The maximum absolute atomic E-state index is 11.6. The lowest BCUT2D eigenvalue weighted by Crippen LogP contribution is -2.00. The lowest BCUT2D eigenvalue weighted by molar-refractivity contribution is -0.139. The number of hydrogen-bond acceptors (Lipinski definition) is 6. The summed E-state index contributed by atoms with van der Waals surface area (Å²) in [5.74, 6) is 0.280. The van der Waals surface area contributed by atoms with Gasteiger partial charge in [0.15, 0.2) is 6.61 Å². The van der Waals surface area contributed by atoms with Gasteiger partial charge < -0.3 is 9.26 Å². The minimum atomic E-state index is -0.453. The number of hydrogen-bond donors (Lipinski definition) is 0. The quantitative estimate of drug-likeness (QED) is 0.532. The summed E-state index contributed by atoms with van der Waals surface area (Å²) in [6.45, 7) is -0.0490. The third-order valence-electron chi connectivity index (χ3n) is 2.79. The van der Waals surface area contributed by atoms with Crippen LogP contribution in [0.15, 0.2) is 57.8 Å². The van der Waals surface area contributed by atoms with Gasteiger partial charge in [-0.1, -0.05) is 35.5 Å². The number of thiophene rings is 1. The van der Waals surface area contributed by atoms with Crippen molar-refractivity contribution in [2.24, 2.45) is 0 Å². The predicted octanol–water partition coefficient (Wildman–Crippen LogP) is 3.55. The lowest BCUT2D eigenvalue weighted by Gasteiger charge is -1.96. The number of carbonyl (C=O) groups excluding carboxylic acids is 1. The molecule has 0 bridgehead atoms. The second kappa shape index (κ2) is 6.82. The van der Waals surface area contributed by atoms with E-state index in [1.54, 1.807) is 17.4 Å². The van der Waals surface area contributed by atoms with Gasteiger partial charge >= 0.3 is 5.97 Å². The van der Waals surface area contributed by atoms with Crippen LogP contribution in [0, 0.1) is 0 Å². The summed E-state index contributed by atoms with van der Waals surface area (Å²) >= 11 is 1.57. The van der Waals surface area contributed by atoms with Gasteiger partial charge in [0, 0.05) is 11.6 Å². The maximum atomic E-state index is 11.6. The Hall–Kier alpha value is -2.73. The molecule has 0 atom stereocenters. The highest BCUT2D eigenvalue weighted by Crippen LogP contribution is 2.15. The monoisotopic (exact) mass is 312 g/mol. The van der Waals surface area contributed by atoms with Gasteiger partial charge in [0.2, 0.25) is 5.82 Å². The lowest BCUT2D eigenvalue weighted by atomic mass is 10.2. The zero-order chi connectivity index (χ0) is 15.2. The van der Waals surface area contributed by atoms with Gasteiger partial charge in [0.05, 0.1) is 0 Å². The minimum absolute atomic E-state index is 0.0490. The Morgan fingerprint density at radius 2 is 2.14 bits per heavy atom. The Morgan fingerprint density at radius 1 is 1.27 bits per heavy atom. The molecule has 3 rings (SSSR count). The summed E-state index contributed by atoms with van der Waals surface area (Å²) < 4.78 is 10.1. The predicted molar refractivity (Wildman–Crippen MR) is 82.9 cm³/mol. The van der Waals surface area contributed by atoms with E-state index in [1.165, 1.54) is 6.08 Å². The molecule has 5 nitrogen and oxygen atoms in total. The van der Waals surface area contributed by atoms with Crippen LogP contribution in [-0.2, 0) is 16.1 Å². The third-order valence-corrected chi connectivity index (χ3v) is 3.49. The van der Waals surface area contributed by atoms with Crippen molar-refractivity contribution in [2.45, 2.75) is 6.61 Å². The number of benzene rings is 1. The molecule has 0 saturated carbocycles. The van der Waals surface area contributed by atoms with E-state index in [4.69, 9.17) is 9.26 Å². The van der Waals surface area contributed by atoms with Gasteiger partial charge in [-0.3, -0.25) is 0 Å². The number of aromatic nitrogens is 2. The molecule has 0 N–H and O–H groups in total. The molecule has 0 amide bonds. The first-order valence-electron chi connectivity index (χ1n) is 6.56. The van der Waals surface area contributed by atoms with E-state index in [1.807, 2.05) is 47.2 Å². The Bertz CT molecular complexity index is 764. The minimum Gasteiger partial charge on any atom is -0.452 e.